The Morgan fingerprint density at radius 3 is 2.76 bits per heavy atom. The number of carbonyl (C=O) groups excluding carboxylic acids is 1. The Labute approximate surface area is 150 Å². The molecule has 2 heterocycles. The molecule has 0 aliphatic heterocycles. The van der Waals surface area contributed by atoms with Crippen molar-refractivity contribution in [3.8, 4) is 0 Å². The number of hydrogen-bond donors (Lipinski definition) is 0. The van der Waals surface area contributed by atoms with Gasteiger partial charge in [-0.2, -0.15) is 0 Å². The maximum Gasteiger partial charge on any atom is 0.262 e. The monoisotopic (exact) mass is 355 g/mol. The summed E-state index contributed by atoms with van der Waals surface area (Å²) in [6, 6.07) is 11.8. The van der Waals surface area contributed by atoms with Gasteiger partial charge in [-0.15, -0.1) is 11.3 Å². The van der Waals surface area contributed by atoms with Crippen molar-refractivity contribution >= 4 is 27.5 Å². The van der Waals surface area contributed by atoms with E-state index in [-0.39, 0.29) is 24.1 Å². The van der Waals surface area contributed by atoms with Crippen LogP contribution in [-0.4, -0.2) is 26.4 Å². The van der Waals surface area contributed by atoms with Gasteiger partial charge in [0.15, 0.2) is 0 Å². The highest BCUT2D eigenvalue weighted by Gasteiger charge is 2.20. The molecule has 3 rings (SSSR count). The van der Waals surface area contributed by atoms with Crippen LogP contribution in [0.1, 0.15) is 25.8 Å². The molecule has 1 unspecified atom stereocenters. The van der Waals surface area contributed by atoms with E-state index < -0.39 is 0 Å². The Morgan fingerprint density at radius 2 is 2.04 bits per heavy atom. The van der Waals surface area contributed by atoms with Crippen molar-refractivity contribution in [2.24, 2.45) is 0 Å². The lowest BCUT2D eigenvalue weighted by atomic mass is 10.1. The quantitative estimate of drug-likeness (QED) is 0.682. The van der Waals surface area contributed by atoms with E-state index in [9.17, 15) is 9.59 Å². The Kier molecular flexibility index (Phi) is 5.28. The molecule has 6 heteroatoms. The molecule has 0 aliphatic rings. The molecule has 0 N–H and O–H groups in total. The standard InChI is InChI=1S/C19H21N3O2S/c1-3-14(2)22(11-15-7-5-4-6-8-15)17(23)12-21-13-20-18-16(19(21)24)9-10-25-18/h4-10,13-14H,3,11-12H2,1-2H3. The minimum atomic E-state index is -0.164. The van der Waals surface area contributed by atoms with Crippen molar-refractivity contribution in [2.75, 3.05) is 0 Å². The number of amides is 1. The van der Waals surface area contributed by atoms with Crippen molar-refractivity contribution in [1.29, 1.82) is 0 Å². The number of aromatic nitrogens is 2. The van der Waals surface area contributed by atoms with Crippen LogP contribution in [-0.2, 0) is 17.9 Å². The molecule has 0 fully saturated rings. The smallest absolute Gasteiger partial charge is 0.262 e. The van der Waals surface area contributed by atoms with E-state index in [0.717, 1.165) is 12.0 Å². The SMILES string of the molecule is CCC(C)N(Cc1ccccc1)C(=O)Cn1cnc2sccc2c1=O. The number of rotatable bonds is 6. The molecule has 1 aromatic carbocycles. The van der Waals surface area contributed by atoms with Crippen LogP contribution in [0.25, 0.3) is 10.2 Å². The van der Waals surface area contributed by atoms with Crippen molar-refractivity contribution in [2.45, 2.75) is 39.4 Å². The number of thiophene rings is 1. The summed E-state index contributed by atoms with van der Waals surface area (Å²) in [5, 5.41) is 2.41. The van der Waals surface area contributed by atoms with Gasteiger partial charge in [0.25, 0.3) is 5.56 Å². The number of benzene rings is 1. The molecule has 0 radical (unpaired) electrons. The molecule has 130 valence electrons. The van der Waals surface area contributed by atoms with Gasteiger partial charge in [0, 0.05) is 12.6 Å². The van der Waals surface area contributed by atoms with Crippen molar-refractivity contribution in [3.63, 3.8) is 0 Å². The van der Waals surface area contributed by atoms with E-state index in [4.69, 9.17) is 0 Å². The molecule has 0 bridgehead atoms. The molecule has 2 aromatic heterocycles. The lowest BCUT2D eigenvalue weighted by molar-refractivity contribution is -0.134. The molecule has 0 saturated carbocycles. The second-order valence-corrected chi connectivity index (χ2v) is 6.98. The third-order valence-electron chi connectivity index (χ3n) is 4.40. The van der Waals surface area contributed by atoms with Crippen LogP contribution in [0.3, 0.4) is 0 Å². The minimum Gasteiger partial charge on any atom is -0.334 e. The third kappa shape index (κ3) is 3.79. The van der Waals surface area contributed by atoms with Crippen LogP contribution in [0.4, 0.5) is 0 Å². The fourth-order valence-electron chi connectivity index (χ4n) is 2.73. The molecule has 1 atom stereocenters. The van der Waals surface area contributed by atoms with Crippen LogP contribution in [0.5, 0.6) is 0 Å². The molecule has 0 spiro atoms. The number of carbonyl (C=O) groups is 1. The Balaban J connectivity index is 1.84. The third-order valence-corrected chi connectivity index (χ3v) is 5.22. The van der Waals surface area contributed by atoms with Crippen LogP contribution in [0.2, 0.25) is 0 Å². The van der Waals surface area contributed by atoms with Gasteiger partial charge >= 0.3 is 0 Å². The first-order chi connectivity index (χ1) is 12.1. The summed E-state index contributed by atoms with van der Waals surface area (Å²) in [7, 11) is 0. The summed E-state index contributed by atoms with van der Waals surface area (Å²) in [6.07, 6.45) is 2.33. The van der Waals surface area contributed by atoms with Crippen molar-refractivity contribution in [3.05, 3.63) is 64.0 Å². The molecule has 0 aliphatic carbocycles. The first kappa shape index (κ1) is 17.4. The van der Waals surface area contributed by atoms with E-state index in [1.54, 1.807) is 6.07 Å². The van der Waals surface area contributed by atoms with E-state index in [1.165, 1.54) is 22.2 Å². The highest BCUT2D eigenvalue weighted by molar-refractivity contribution is 7.16. The zero-order chi connectivity index (χ0) is 17.8. The molecule has 3 aromatic rings. The van der Waals surface area contributed by atoms with Crippen molar-refractivity contribution in [1.82, 2.24) is 14.5 Å². The summed E-state index contributed by atoms with van der Waals surface area (Å²) < 4.78 is 1.40. The lowest BCUT2D eigenvalue weighted by Crippen LogP contribution is -2.41. The molecule has 25 heavy (non-hydrogen) atoms. The Hall–Kier alpha value is -2.47. The normalized spacial score (nSPS) is 12.2. The predicted molar refractivity (Wildman–Crippen MR) is 101 cm³/mol. The fraction of sp³-hybridized carbons (Fsp3) is 0.316. The van der Waals surface area contributed by atoms with E-state index >= 15 is 0 Å². The lowest BCUT2D eigenvalue weighted by Gasteiger charge is -2.29. The van der Waals surface area contributed by atoms with E-state index in [1.807, 2.05) is 47.5 Å². The molecule has 5 nitrogen and oxygen atoms in total. The summed E-state index contributed by atoms with van der Waals surface area (Å²) in [6.45, 7) is 4.64. The number of nitrogens with zero attached hydrogens (tertiary/aromatic N) is 3. The molecular weight excluding hydrogens is 334 g/mol. The van der Waals surface area contributed by atoms with Gasteiger partial charge in [-0.05, 0) is 30.4 Å². The zero-order valence-electron chi connectivity index (χ0n) is 14.4. The van der Waals surface area contributed by atoms with Gasteiger partial charge in [-0.1, -0.05) is 37.3 Å². The van der Waals surface area contributed by atoms with Gasteiger partial charge in [-0.25, -0.2) is 4.98 Å². The second kappa shape index (κ2) is 7.61. The van der Waals surface area contributed by atoms with Gasteiger partial charge < -0.3 is 4.90 Å². The maximum atomic E-state index is 12.9. The summed E-state index contributed by atoms with van der Waals surface area (Å²) in [4.78, 5) is 32.2. The number of fused-ring (bicyclic) bond motifs is 1. The summed E-state index contributed by atoms with van der Waals surface area (Å²) in [5.74, 6) is -0.0725. The topological polar surface area (TPSA) is 55.2 Å². The van der Waals surface area contributed by atoms with Gasteiger partial charge in [0.05, 0.1) is 11.7 Å². The van der Waals surface area contributed by atoms with Crippen LogP contribution < -0.4 is 5.56 Å². The maximum absolute atomic E-state index is 12.9. The first-order valence-corrected chi connectivity index (χ1v) is 9.24. The van der Waals surface area contributed by atoms with Gasteiger partial charge in [0.1, 0.15) is 11.4 Å². The largest absolute Gasteiger partial charge is 0.334 e. The van der Waals surface area contributed by atoms with Gasteiger partial charge in [0.2, 0.25) is 5.91 Å². The van der Waals surface area contributed by atoms with Crippen LogP contribution in [0.15, 0.2) is 52.9 Å². The first-order valence-electron chi connectivity index (χ1n) is 8.36. The van der Waals surface area contributed by atoms with E-state index in [2.05, 4.69) is 11.9 Å². The van der Waals surface area contributed by atoms with Crippen LogP contribution >= 0.6 is 11.3 Å². The second-order valence-electron chi connectivity index (χ2n) is 6.08. The predicted octanol–water partition coefficient (Wildman–Crippen LogP) is 3.29. The highest BCUT2D eigenvalue weighted by Crippen LogP contribution is 2.14. The summed E-state index contributed by atoms with van der Waals surface area (Å²) in [5.41, 5.74) is 0.915. The molecule has 0 saturated heterocycles. The zero-order valence-corrected chi connectivity index (χ0v) is 15.2. The van der Waals surface area contributed by atoms with E-state index in [0.29, 0.717) is 16.8 Å². The molecular formula is C19H21N3O2S. The Bertz CT molecular complexity index is 917. The highest BCUT2D eigenvalue weighted by atomic mass is 32.1. The average Bonchev–Trinajstić information content (AvgIpc) is 3.11. The van der Waals surface area contributed by atoms with Gasteiger partial charge in [-0.3, -0.25) is 14.2 Å². The number of hydrogen-bond acceptors (Lipinski definition) is 4. The average molecular weight is 355 g/mol. The molecule has 1 amide bonds. The van der Waals surface area contributed by atoms with Crippen molar-refractivity contribution < 1.29 is 4.79 Å². The minimum absolute atomic E-state index is 0.00872. The Morgan fingerprint density at radius 1 is 1.28 bits per heavy atom. The summed E-state index contributed by atoms with van der Waals surface area (Å²) >= 11 is 1.43. The fourth-order valence-corrected chi connectivity index (χ4v) is 3.46. The van der Waals surface area contributed by atoms with Crippen LogP contribution in [0, 0.1) is 0 Å².